The molecule has 0 unspecified atom stereocenters. The molecule has 1 aromatic rings. The van der Waals surface area contributed by atoms with Crippen molar-refractivity contribution in [3.8, 4) is 11.5 Å². The van der Waals surface area contributed by atoms with Crippen LogP contribution in [0.1, 0.15) is 6.42 Å². The number of fused-ring (bicyclic) bond motifs is 1. The maximum absolute atomic E-state index is 11.8. The largest absolute Gasteiger partial charge is 0.490 e. The molecule has 0 saturated carbocycles. The van der Waals surface area contributed by atoms with Crippen molar-refractivity contribution in [2.45, 2.75) is 6.42 Å². The van der Waals surface area contributed by atoms with Crippen LogP contribution >= 0.6 is 0 Å². The number of carbonyl (C=O) groups is 2. The predicted molar refractivity (Wildman–Crippen MR) is 71.3 cm³/mol. The summed E-state index contributed by atoms with van der Waals surface area (Å²) in [5.41, 5.74) is 0.525. The predicted octanol–water partition coefficient (Wildman–Crippen LogP) is 1.40. The standard InChI is InChI=1S/C13H16N2O5/c1-15(8-12(16)17)13(18)14-9-3-4-10-11(7-9)20-6-2-5-19-10/h3-4,7H,2,5-6,8H2,1H3,(H,14,18)(H,16,17). The van der Waals surface area contributed by atoms with E-state index in [9.17, 15) is 9.59 Å². The Labute approximate surface area is 116 Å². The fourth-order valence-corrected chi connectivity index (χ4v) is 1.73. The summed E-state index contributed by atoms with van der Waals surface area (Å²) in [6.45, 7) is 0.791. The Balaban J connectivity index is 2.04. The number of urea groups is 1. The van der Waals surface area contributed by atoms with Gasteiger partial charge in [-0.15, -0.1) is 0 Å². The van der Waals surface area contributed by atoms with Crippen LogP contribution in [0.4, 0.5) is 10.5 Å². The summed E-state index contributed by atoms with van der Waals surface area (Å²) < 4.78 is 11.0. The lowest BCUT2D eigenvalue weighted by Gasteiger charge is -2.16. The Morgan fingerprint density at radius 1 is 1.30 bits per heavy atom. The number of anilines is 1. The second-order valence-corrected chi connectivity index (χ2v) is 4.39. The molecule has 1 heterocycles. The van der Waals surface area contributed by atoms with Gasteiger partial charge in [-0.2, -0.15) is 0 Å². The van der Waals surface area contributed by atoms with Crippen molar-refractivity contribution in [3.05, 3.63) is 18.2 Å². The smallest absolute Gasteiger partial charge is 0.323 e. The van der Waals surface area contributed by atoms with Crippen LogP contribution in [0.25, 0.3) is 0 Å². The van der Waals surface area contributed by atoms with Crippen LogP contribution in [0.5, 0.6) is 11.5 Å². The van der Waals surface area contributed by atoms with Crippen LogP contribution in [0, 0.1) is 0 Å². The zero-order valence-corrected chi connectivity index (χ0v) is 11.1. The molecule has 7 nitrogen and oxygen atoms in total. The summed E-state index contributed by atoms with van der Waals surface area (Å²) in [7, 11) is 1.41. The third kappa shape index (κ3) is 3.53. The van der Waals surface area contributed by atoms with Crippen LogP contribution in [0.3, 0.4) is 0 Å². The second-order valence-electron chi connectivity index (χ2n) is 4.39. The number of aliphatic carboxylic acids is 1. The minimum Gasteiger partial charge on any atom is -0.490 e. The minimum atomic E-state index is -1.07. The van der Waals surface area contributed by atoms with Crippen molar-refractivity contribution in [3.63, 3.8) is 0 Å². The van der Waals surface area contributed by atoms with Gasteiger partial charge in [0.05, 0.1) is 13.2 Å². The molecule has 0 aliphatic carbocycles. The van der Waals surface area contributed by atoms with Crippen molar-refractivity contribution in [2.24, 2.45) is 0 Å². The lowest BCUT2D eigenvalue weighted by molar-refractivity contribution is -0.137. The van der Waals surface area contributed by atoms with Crippen molar-refractivity contribution in [1.82, 2.24) is 4.90 Å². The third-order valence-electron chi connectivity index (χ3n) is 2.72. The number of carboxylic acids is 1. The van der Waals surface area contributed by atoms with Gasteiger partial charge in [0.25, 0.3) is 0 Å². The molecule has 1 aliphatic rings. The fraction of sp³-hybridized carbons (Fsp3) is 0.385. The minimum absolute atomic E-state index is 0.365. The first-order chi connectivity index (χ1) is 9.56. The number of rotatable bonds is 3. The number of carboxylic acid groups (broad SMARTS) is 1. The fourth-order valence-electron chi connectivity index (χ4n) is 1.73. The Hall–Kier alpha value is -2.44. The van der Waals surface area contributed by atoms with E-state index >= 15 is 0 Å². The van der Waals surface area contributed by atoms with Gasteiger partial charge in [-0.25, -0.2) is 4.79 Å². The van der Waals surface area contributed by atoms with Gasteiger partial charge in [-0.3, -0.25) is 4.79 Å². The molecule has 1 aromatic carbocycles. The zero-order chi connectivity index (χ0) is 14.5. The van der Waals surface area contributed by atoms with Gasteiger partial charge in [-0.05, 0) is 12.1 Å². The van der Waals surface area contributed by atoms with Gasteiger partial charge in [0.15, 0.2) is 11.5 Å². The lowest BCUT2D eigenvalue weighted by atomic mass is 10.3. The molecule has 0 saturated heterocycles. The van der Waals surface area contributed by atoms with Crippen LogP contribution in [-0.4, -0.2) is 48.8 Å². The first-order valence-electron chi connectivity index (χ1n) is 6.20. The van der Waals surface area contributed by atoms with Crippen molar-refractivity contribution >= 4 is 17.7 Å². The molecule has 2 amide bonds. The molecule has 20 heavy (non-hydrogen) atoms. The summed E-state index contributed by atoms with van der Waals surface area (Å²) in [6.07, 6.45) is 0.803. The number of nitrogens with zero attached hydrogens (tertiary/aromatic N) is 1. The highest BCUT2D eigenvalue weighted by Crippen LogP contribution is 2.32. The van der Waals surface area contributed by atoms with E-state index in [1.54, 1.807) is 18.2 Å². The number of hydrogen-bond donors (Lipinski definition) is 2. The van der Waals surface area contributed by atoms with Crippen LogP contribution in [0.2, 0.25) is 0 Å². The van der Waals surface area contributed by atoms with Gasteiger partial charge in [0, 0.05) is 25.2 Å². The maximum Gasteiger partial charge on any atom is 0.323 e. The average molecular weight is 280 g/mol. The molecule has 0 radical (unpaired) electrons. The van der Waals surface area contributed by atoms with Crippen LogP contribution in [-0.2, 0) is 4.79 Å². The molecule has 2 rings (SSSR count). The number of benzene rings is 1. The van der Waals surface area contributed by atoms with Crippen molar-refractivity contribution < 1.29 is 24.2 Å². The first-order valence-corrected chi connectivity index (χ1v) is 6.20. The van der Waals surface area contributed by atoms with E-state index in [0.717, 1.165) is 11.3 Å². The molecule has 0 atom stereocenters. The molecule has 2 N–H and O–H groups in total. The van der Waals surface area contributed by atoms with E-state index in [-0.39, 0.29) is 6.54 Å². The maximum atomic E-state index is 11.8. The Morgan fingerprint density at radius 3 is 2.70 bits per heavy atom. The highest BCUT2D eigenvalue weighted by atomic mass is 16.5. The molecule has 1 aliphatic heterocycles. The van der Waals surface area contributed by atoms with E-state index in [1.807, 2.05) is 0 Å². The zero-order valence-electron chi connectivity index (χ0n) is 11.1. The van der Waals surface area contributed by atoms with Gasteiger partial charge in [0.2, 0.25) is 0 Å². The normalized spacial score (nSPS) is 13.2. The van der Waals surface area contributed by atoms with Crippen LogP contribution < -0.4 is 14.8 Å². The summed E-state index contributed by atoms with van der Waals surface area (Å²) in [5.74, 6) is 0.141. The first kappa shape index (κ1) is 14.0. The Kier molecular flexibility index (Phi) is 4.29. The number of likely N-dealkylation sites (N-methyl/N-ethyl adjacent to an activating group) is 1. The lowest BCUT2D eigenvalue weighted by Crippen LogP contribution is -2.35. The van der Waals surface area contributed by atoms with E-state index in [1.165, 1.54) is 7.05 Å². The monoisotopic (exact) mass is 280 g/mol. The Morgan fingerprint density at radius 2 is 2.00 bits per heavy atom. The SMILES string of the molecule is CN(CC(=O)O)C(=O)Nc1ccc2c(c1)OCCCO2. The summed E-state index contributed by atoms with van der Waals surface area (Å²) in [5, 5.41) is 11.2. The molecule has 7 heteroatoms. The molecule has 108 valence electrons. The van der Waals surface area contributed by atoms with E-state index in [0.29, 0.717) is 30.4 Å². The number of amides is 2. The molecule has 0 aromatic heterocycles. The topological polar surface area (TPSA) is 88.1 Å². The second kappa shape index (κ2) is 6.14. The molecule has 0 spiro atoms. The molecule has 0 bridgehead atoms. The van der Waals surface area contributed by atoms with E-state index < -0.39 is 12.0 Å². The van der Waals surface area contributed by atoms with Crippen molar-refractivity contribution in [2.75, 3.05) is 32.1 Å². The van der Waals surface area contributed by atoms with Crippen LogP contribution in [0.15, 0.2) is 18.2 Å². The van der Waals surface area contributed by atoms with Gasteiger partial charge in [-0.1, -0.05) is 0 Å². The van der Waals surface area contributed by atoms with Gasteiger partial charge in [0.1, 0.15) is 6.54 Å². The summed E-state index contributed by atoms with van der Waals surface area (Å²) in [6, 6.07) is 4.56. The molecule has 0 fully saturated rings. The van der Waals surface area contributed by atoms with Gasteiger partial charge >= 0.3 is 12.0 Å². The highest BCUT2D eigenvalue weighted by Gasteiger charge is 2.14. The summed E-state index contributed by atoms with van der Waals surface area (Å²) >= 11 is 0. The third-order valence-corrected chi connectivity index (χ3v) is 2.72. The number of hydrogen-bond acceptors (Lipinski definition) is 4. The molecular formula is C13H16N2O5. The molecular weight excluding hydrogens is 264 g/mol. The Bertz CT molecular complexity index is 517. The summed E-state index contributed by atoms with van der Waals surface area (Å²) in [4.78, 5) is 23.4. The van der Waals surface area contributed by atoms with Gasteiger partial charge < -0.3 is 24.8 Å². The van der Waals surface area contributed by atoms with E-state index in [4.69, 9.17) is 14.6 Å². The quantitative estimate of drug-likeness (QED) is 0.873. The highest BCUT2D eigenvalue weighted by molar-refractivity contribution is 5.91. The number of nitrogens with one attached hydrogen (secondary N) is 1. The average Bonchev–Trinajstić information content (AvgIpc) is 2.62. The van der Waals surface area contributed by atoms with Crippen molar-refractivity contribution in [1.29, 1.82) is 0 Å². The number of carbonyl (C=O) groups excluding carboxylic acids is 1. The van der Waals surface area contributed by atoms with E-state index in [2.05, 4.69) is 5.32 Å². The number of ether oxygens (including phenoxy) is 2.